The van der Waals surface area contributed by atoms with Crippen molar-refractivity contribution in [3.63, 3.8) is 0 Å². The minimum atomic E-state index is 0.223. The molecule has 1 amide bonds. The van der Waals surface area contributed by atoms with Crippen LogP contribution in [0.1, 0.15) is 39.2 Å². The first-order valence-corrected chi connectivity index (χ1v) is 7.61. The van der Waals surface area contributed by atoms with Crippen molar-refractivity contribution < 1.29 is 4.79 Å². The van der Waals surface area contributed by atoms with Crippen molar-refractivity contribution in [3.8, 4) is 0 Å². The van der Waals surface area contributed by atoms with E-state index in [1.165, 1.54) is 0 Å². The van der Waals surface area contributed by atoms with Gasteiger partial charge in [0.05, 0.1) is 6.42 Å². The van der Waals surface area contributed by atoms with E-state index in [9.17, 15) is 4.79 Å². The van der Waals surface area contributed by atoms with Gasteiger partial charge in [-0.3, -0.25) is 4.79 Å². The van der Waals surface area contributed by atoms with Gasteiger partial charge in [0.2, 0.25) is 5.91 Å². The predicted octanol–water partition coefficient (Wildman–Crippen LogP) is 3.80. The number of benzene rings is 1. The highest BCUT2D eigenvalue weighted by Crippen LogP contribution is 2.13. The lowest BCUT2D eigenvalue weighted by Crippen LogP contribution is -2.36. The molecule has 0 saturated carbocycles. The van der Waals surface area contributed by atoms with Gasteiger partial charge in [0.25, 0.3) is 0 Å². The van der Waals surface area contributed by atoms with Crippen LogP contribution in [-0.4, -0.2) is 23.9 Å². The molecule has 0 aliphatic rings. The summed E-state index contributed by atoms with van der Waals surface area (Å²) in [4.78, 5) is 15.2. The lowest BCUT2D eigenvalue weighted by molar-refractivity contribution is -0.130. The first kappa shape index (κ1) is 16.1. The van der Waals surface area contributed by atoms with Crippen LogP contribution < -0.4 is 0 Å². The third-order valence-corrected chi connectivity index (χ3v) is 3.96. The average molecular weight is 279 g/mol. The van der Waals surface area contributed by atoms with E-state index in [0.717, 1.165) is 36.4 Å². The van der Waals surface area contributed by atoms with Crippen molar-refractivity contribution in [1.29, 1.82) is 0 Å². The molecule has 3 heteroatoms. The second-order valence-electron chi connectivity index (χ2n) is 4.96. The van der Waals surface area contributed by atoms with Gasteiger partial charge in [-0.2, -0.15) is 0 Å². The normalized spacial score (nSPS) is 10.8. The molecule has 0 N–H and O–H groups in total. The number of hydrogen-bond acceptors (Lipinski definition) is 2. The van der Waals surface area contributed by atoms with Gasteiger partial charge in [0.15, 0.2) is 0 Å². The molecule has 0 heterocycles. The summed E-state index contributed by atoms with van der Waals surface area (Å²) in [7, 11) is 0. The molecule has 0 radical (unpaired) electrons. The van der Waals surface area contributed by atoms with Crippen molar-refractivity contribution in [2.75, 3.05) is 13.1 Å². The molecule has 0 spiro atoms. The molecular weight excluding hydrogens is 254 g/mol. The SMILES string of the molecule is CCC(CC)CN(CC)C(=O)Cc1ccc(S)cc1. The number of nitrogens with zero attached hydrogens (tertiary/aromatic N) is 1. The van der Waals surface area contributed by atoms with Gasteiger partial charge in [0, 0.05) is 18.0 Å². The largest absolute Gasteiger partial charge is 0.342 e. The van der Waals surface area contributed by atoms with Gasteiger partial charge >= 0.3 is 0 Å². The number of amides is 1. The fraction of sp³-hybridized carbons (Fsp3) is 0.562. The predicted molar refractivity (Wildman–Crippen MR) is 83.7 cm³/mol. The summed E-state index contributed by atoms with van der Waals surface area (Å²) in [6.07, 6.45) is 2.76. The summed E-state index contributed by atoms with van der Waals surface area (Å²) in [5, 5.41) is 0. The summed E-state index contributed by atoms with van der Waals surface area (Å²) in [5.74, 6) is 0.838. The smallest absolute Gasteiger partial charge is 0.226 e. The zero-order valence-corrected chi connectivity index (χ0v) is 13.1. The van der Waals surface area contributed by atoms with E-state index in [4.69, 9.17) is 0 Å². The average Bonchev–Trinajstić information content (AvgIpc) is 2.42. The van der Waals surface area contributed by atoms with Crippen molar-refractivity contribution in [1.82, 2.24) is 4.90 Å². The summed E-state index contributed by atoms with van der Waals surface area (Å²) in [6.45, 7) is 8.11. The monoisotopic (exact) mass is 279 g/mol. The molecule has 0 aliphatic heterocycles. The van der Waals surface area contributed by atoms with Gasteiger partial charge in [-0.1, -0.05) is 38.8 Å². The number of carbonyl (C=O) groups excluding carboxylic acids is 1. The maximum Gasteiger partial charge on any atom is 0.226 e. The van der Waals surface area contributed by atoms with Gasteiger partial charge < -0.3 is 4.90 Å². The number of hydrogen-bond donors (Lipinski definition) is 1. The zero-order valence-electron chi connectivity index (χ0n) is 12.2. The van der Waals surface area contributed by atoms with Crippen LogP contribution in [0.5, 0.6) is 0 Å². The van der Waals surface area contributed by atoms with E-state index in [0.29, 0.717) is 12.3 Å². The second kappa shape index (κ2) is 8.26. The first-order chi connectivity index (χ1) is 9.10. The Bertz CT molecular complexity index is 384. The first-order valence-electron chi connectivity index (χ1n) is 7.16. The number of likely N-dealkylation sites (N-methyl/N-ethyl adjacent to an activating group) is 1. The lowest BCUT2D eigenvalue weighted by Gasteiger charge is -2.25. The van der Waals surface area contributed by atoms with Crippen LogP contribution in [0.15, 0.2) is 29.2 Å². The maximum atomic E-state index is 12.3. The van der Waals surface area contributed by atoms with Crippen molar-refractivity contribution in [3.05, 3.63) is 29.8 Å². The van der Waals surface area contributed by atoms with Gasteiger partial charge in [-0.05, 0) is 30.5 Å². The van der Waals surface area contributed by atoms with E-state index in [1.807, 2.05) is 29.2 Å². The summed E-state index contributed by atoms with van der Waals surface area (Å²) >= 11 is 4.26. The fourth-order valence-electron chi connectivity index (χ4n) is 2.17. The van der Waals surface area contributed by atoms with Crippen molar-refractivity contribution in [2.45, 2.75) is 44.9 Å². The highest BCUT2D eigenvalue weighted by Gasteiger charge is 2.15. The Hall–Kier alpha value is -0.960. The molecule has 0 fully saturated rings. The molecule has 0 unspecified atom stereocenters. The third-order valence-electron chi connectivity index (χ3n) is 3.66. The highest BCUT2D eigenvalue weighted by molar-refractivity contribution is 7.80. The maximum absolute atomic E-state index is 12.3. The topological polar surface area (TPSA) is 20.3 Å². The second-order valence-corrected chi connectivity index (χ2v) is 5.47. The zero-order chi connectivity index (χ0) is 14.3. The number of thiol groups is 1. The van der Waals surface area contributed by atoms with E-state index in [2.05, 4.69) is 33.4 Å². The Balaban J connectivity index is 2.60. The summed E-state index contributed by atoms with van der Waals surface area (Å²) in [5.41, 5.74) is 1.06. The van der Waals surface area contributed by atoms with Crippen molar-refractivity contribution >= 4 is 18.5 Å². The molecule has 0 atom stereocenters. The van der Waals surface area contributed by atoms with Crippen LogP contribution in [0.2, 0.25) is 0 Å². The van der Waals surface area contributed by atoms with Gasteiger partial charge in [0.1, 0.15) is 0 Å². The van der Waals surface area contributed by atoms with Crippen LogP contribution in [-0.2, 0) is 11.2 Å². The number of rotatable bonds is 7. The summed E-state index contributed by atoms with van der Waals surface area (Å²) in [6, 6.07) is 7.82. The van der Waals surface area contributed by atoms with E-state index in [-0.39, 0.29) is 5.91 Å². The molecular formula is C16H25NOS. The molecule has 0 aromatic heterocycles. The van der Waals surface area contributed by atoms with E-state index >= 15 is 0 Å². The van der Waals surface area contributed by atoms with E-state index in [1.54, 1.807) is 0 Å². The van der Waals surface area contributed by atoms with Crippen LogP contribution >= 0.6 is 12.6 Å². The quantitative estimate of drug-likeness (QED) is 0.753. The molecule has 106 valence electrons. The molecule has 2 nitrogen and oxygen atoms in total. The van der Waals surface area contributed by atoms with Crippen LogP contribution in [0.25, 0.3) is 0 Å². The molecule has 1 aromatic rings. The molecule has 1 rings (SSSR count). The minimum Gasteiger partial charge on any atom is -0.342 e. The standard InChI is InChI=1S/C16H25NOS/c1-4-13(5-2)12-17(6-3)16(18)11-14-7-9-15(19)10-8-14/h7-10,13,19H,4-6,11-12H2,1-3H3. The Morgan fingerprint density at radius 2 is 1.74 bits per heavy atom. The lowest BCUT2D eigenvalue weighted by atomic mass is 10.0. The Morgan fingerprint density at radius 3 is 2.21 bits per heavy atom. The molecule has 19 heavy (non-hydrogen) atoms. The Labute approximate surface area is 122 Å². The molecule has 0 saturated heterocycles. The molecule has 0 aliphatic carbocycles. The van der Waals surface area contributed by atoms with E-state index < -0.39 is 0 Å². The summed E-state index contributed by atoms with van der Waals surface area (Å²) < 4.78 is 0. The number of carbonyl (C=O) groups is 1. The molecule has 1 aromatic carbocycles. The highest BCUT2D eigenvalue weighted by atomic mass is 32.1. The van der Waals surface area contributed by atoms with Crippen LogP contribution in [0.4, 0.5) is 0 Å². The van der Waals surface area contributed by atoms with Crippen LogP contribution in [0.3, 0.4) is 0 Å². The Kier molecular flexibility index (Phi) is 7.00. The minimum absolute atomic E-state index is 0.223. The fourth-order valence-corrected chi connectivity index (χ4v) is 2.32. The van der Waals surface area contributed by atoms with Gasteiger partial charge in [-0.25, -0.2) is 0 Å². The third kappa shape index (κ3) is 5.27. The van der Waals surface area contributed by atoms with Gasteiger partial charge in [-0.15, -0.1) is 12.6 Å². The van der Waals surface area contributed by atoms with Crippen molar-refractivity contribution in [2.24, 2.45) is 5.92 Å². The molecule has 0 bridgehead atoms. The van der Waals surface area contributed by atoms with Crippen LogP contribution in [0, 0.1) is 5.92 Å². The Morgan fingerprint density at radius 1 is 1.16 bits per heavy atom.